The summed E-state index contributed by atoms with van der Waals surface area (Å²) in [5, 5.41) is 0. The molecular formula is C21H26N4O. The van der Waals surface area contributed by atoms with Gasteiger partial charge >= 0.3 is 0 Å². The molecule has 0 spiro atoms. The minimum absolute atomic E-state index is 0.244. The quantitative estimate of drug-likeness (QED) is 0.849. The molecule has 1 aromatic heterocycles. The van der Waals surface area contributed by atoms with E-state index in [4.69, 9.17) is 9.97 Å². The number of anilines is 1. The molecule has 1 saturated carbocycles. The Hall–Kier alpha value is -2.43. The highest BCUT2D eigenvalue weighted by Gasteiger charge is 2.33. The maximum atomic E-state index is 12.7. The van der Waals surface area contributed by atoms with E-state index >= 15 is 0 Å². The third-order valence-corrected chi connectivity index (χ3v) is 5.67. The van der Waals surface area contributed by atoms with E-state index in [1.807, 2.05) is 35.2 Å². The van der Waals surface area contributed by atoms with Gasteiger partial charge in [0.1, 0.15) is 5.82 Å². The lowest BCUT2D eigenvalue weighted by Gasteiger charge is -2.36. The fourth-order valence-electron chi connectivity index (χ4n) is 3.68. The minimum atomic E-state index is 0.244. The summed E-state index contributed by atoms with van der Waals surface area (Å²) in [5.41, 5.74) is 3.24. The Morgan fingerprint density at radius 1 is 1.23 bits per heavy atom. The van der Waals surface area contributed by atoms with E-state index in [1.54, 1.807) is 0 Å². The van der Waals surface area contributed by atoms with E-state index in [0.29, 0.717) is 12.5 Å². The first-order valence-electron chi connectivity index (χ1n) is 9.62. The SMILES string of the molecule is CCN(C)c1nc(-c2ccccc2)nc2c1CN(C(=O)C1CCC1)CC2. The molecule has 5 heteroatoms. The zero-order chi connectivity index (χ0) is 18.1. The van der Waals surface area contributed by atoms with Crippen molar-refractivity contribution >= 4 is 11.7 Å². The van der Waals surface area contributed by atoms with Crippen molar-refractivity contribution in [3.05, 3.63) is 41.6 Å². The summed E-state index contributed by atoms with van der Waals surface area (Å²) in [6.45, 7) is 4.40. The summed E-state index contributed by atoms with van der Waals surface area (Å²) >= 11 is 0. The van der Waals surface area contributed by atoms with E-state index in [0.717, 1.165) is 60.8 Å². The number of hydrogen-bond acceptors (Lipinski definition) is 4. The highest BCUT2D eigenvalue weighted by atomic mass is 16.2. The number of nitrogens with zero attached hydrogens (tertiary/aromatic N) is 4. The molecule has 2 aliphatic rings. The molecule has 2 aromatic rings. The van der Waals surface area contributed by atoms with Crippen LogP contribution < -0.4 is 4.90 Å². The molecule has 0 unspecified atom stereocenters. The first-order valence-corrected chi connectivity index (χ1v) is 9.62. The van der Waals surface area contributed by atoms with Gasteiger partial charge in [-0.1, -0.05) is 36.8 Å². The topological polar surface area (TPSA) is 49.3 Å². The Labute approximate surface area is 155 Å². The largest absolute Gasteiger partial charge is 0.360 e. The molecule has 5 nitrogen and oxygen atoms in total. The van der Waals surface area contributed by atoms with Gasteiger partial charge in [-0.3, -0.25) is 4.79 Å². The third kappa shape index (κ3) is 3.06. The molecule has 0 N–H and O–H groups in total. The van der Waals surface area contributed by atoms with Crippen LogP contribution in [-0.2, 0) is 17.8 Å². The van der Waals surface area contributed by atoms with Crippen molar-refractivity contribution < 1.29 is 4.79 Å². The van der Waals surface area contributed by atoms with Gasteiger partial charge in [0.25, 0.3) is 0 Å². The average molecular weight is 350 g/mol. The van der Waals surface area contributed by atoms with Gasteiger partial charge in [-0.15, -0.1) is 0 Å². The van der Waals surface area contributed by atoms with E-state index in [9.17, 15) is 4.79 Å². The van der Waals surface area contributed by atoms with Crippen LogP contribution >= 0.6 is 0 Å². The van der Waals surface area contributed by atoms with Crippen LogP contribution in [0.15, 0.2) is 30.3 Å². The Bertz CT molecular complexity index is 801. The Kier molecular flexibility index (Phi) is 4.62. The number of aromatic nitrogens is 2. The zero-order valence-electron chi connectivity index (χ0n) is 15.6. The van der Waals surface area contributed by atoms with Crippen LogP contribution in [0.25, 0.3) is 11.4 Å². The molecule has 0 radical (unpaired) electrons. The number of carbonyl (C=O) groups excluding carboxylic acids is 1. The lowest BCUT2D eigenvalue weighted by Crippen LogP contribution is -2.42. The van der Waals surface area contributed by atoms with Crippen molar-refractivity contribution in [1.82, 2.24) is 14.9 Å². The molecule has 2 heterocycles. The number of amides is 1. The predicted octanol–water partition coefficient (Wildman–Crippen LogP) is 3.28. The van der Waals surface area contributed by atoms with Crippen molar-refractivity contribution in [2.45, 2.75) is 39.2 Å². The van der Waals surface area contributed by atoms with Gasteiger partial charge < -0.3 is 9.80 Å². The Morgan fingerprint density at radius 2 is 2.00 bits per heavy atom. The van der Waals surface area contributed by atoms with Crippen LogP contribution in [-0.4, -0.2) is 40.9 Å². The Balaban J connectivity index is 1.70. The number of fused-ring (bicyclic) bond motifs is 1. The van der Waals surface area contributed by atoms with Gasteiger partial charge in [0, 0.05) is 43.6 Å². The summed E-state index contributed by atoms with van der Waals surface area (Å²) < 4.78 is 0. The van der Waals surface area contributed by atoms with Gasteiger partial charge in [0.05, 0.1) is 12.2 Å². The molecule has 1 fully saturated rings. The van der Waals surface area contributed by atoms with Crippen molar-refractivity contribution in [1.29, 1.82) is 0 Å². The summed E-state index contributed by atoms with van der Waals surface area (Å²) in [6.07, 6.45) is 4.09. The first kappa shape index (κ1) is 17.0. The number of carbonyl (C=O) groups is 1. The molecule has 0 bridgehead atoms. The first-order chi connectivity index (χ1) is 12.7. The predicted molar refractivity (Wildman–Crippen MR) is 103 cm³/mol. The second-order valence-corrected chi connectivity index (χ2v) is 7.31. The highest BCUT2D eigenvalue weighted by molar-refractivity contribution is 5.80. The molecule has 0 atom stereocenters. The van der Waals surface area contributed by atoms with Gasteiger partial charge in [0.2, 0.25) is 5.91 Å². The third-order valence-electron chi connectivity index (χ3n) is 5.67. The lowest BCUT2D eigenvalue weighted by atomic mass is 9.84. The van der Waals surface area contributed by atoms with Crippen molar-refractivity contribution in [2.24, 2.45) is 5.92 Å². The number of benzene rings is 1. The summed E-state index contributed by atoms with van der Waals surface area (Å²) in [4.78, 5) is 26.6. The molecule has 1 amide bonds. The summed E-state index contributed by atoms with van der Waals surface area (Å²) in [6, 6.07) is 10.1. The van der Waals surface area contributed by atoms with Crippen LogP contribution in [0.5, 0.6) is 0 Å². The molecule has 1 aliphatic carbocycles. The average Bonchev–Trinajstić information content (AvgIpc) is 2.65. The molecule has 4 rings (SSSR count). The number of hydrogen-bond donors (Lipinski definition) is 0. The van der Waals surface area contributed by atoms with Crippen LogP contribution in [0.3, 0.4) is 0 Å². The van der Waals surface area contributed by atoms with Gasteiger partial charge in [-0.05, 0) is 19.8 Å². The van der Waals surface area contributed by atoms with E-state index in [2.05, 4.69) is 18.9 Å². The second-order valence-electron chi connectivity index (χ2n) is 7.31. The zero-order valence-corrected chi connectivity index (χ0v) is 15.6. The molecule has 26 heavy (non-hydrogen) atoms. The maximum Gasteiger partial charge on any atom is 0.225 e. The summed E-state index contributed by atoms with van der Waals surface area (Å²) in [5.74, 6) is 2.30. The van der Waals surface area contributed by atoms with E-state index < -0.39 is 0 Å². The Morgan fingerprint density at radius 3 is 2.65 bits per heavy atom. The molecule has 1 aliphatic heterocycles. The monoisotopic (exact) mass is 350 g/mol. The highest BCUT2D eigenvalue weighted by Crippen LogP contribution is 2.33. The van der Waals surface area contributed by atoms with E-state index in [1.165, 1.54) is 6.42 Å². The standard InChI is InChI=1S/C21H26N4O/c1-3-24(2)20-17-14-25(21(26)16-10-7-11-16)13-12-18(17)22-19(23-20)15-8-5-4-6-9-15/h4-6,8-9,16H,3,7,10-14H2,1-2H3. The van der Waals surface area contributed by atoms with Crippen LogP contribution in [0.2, 0.25) is 0 Å². The second kappa shape index (κ2) is 7.06. The van der Waals surface area contributed by atoms with Crippen LogP contribution in [0.4, 0.5) is 5.82 Å². The van der Waals surface area contributed by atoms with Gasteiger partial charge in [0.15, 0.2) is 5.82 Å². The normalized spacial score (nSPS) is 16.8. The van der Waals surface area contributed by atoms with Crippen LogP contribution in [0, 0.1) is 5.92 Å². The van der Waals surface area contributed by atoms with E-state index in [-0.39, 0.29) is 5.92 Å². The van der Waals surface area contributed by atoms with Crippen LogP contribution in [0.1, 0.15) is 37.4 Å². The molecular weight excluding hydrogens is 324 g/mol. The lowest BCUT2D eigenvalue weighted by molar-refractivity contribution is -0.139. The maximum absolute atomic E-state index is 12.7. The van der Waals surface area contributed by atoms with Crippen molar-refractivity contribution in [3.8, 4) is 11.4 Å². The fourth-order valence-corrected chi connectivity index (χ4v) is 3.68. The summed E-state index contributed by atoms with van der Waals surface area (Å²) in [7, 11) is 2.06. The molecule has 136 valence electrons. The fraction of sp³-hybridized carbons (Fsp3) is 0.476. The molecule has 1 aromatic carbocycles. The van der Waals surface area contributed by atoms with Crippen molar-refractivity contribution in [3.63, 3.8) is 0 Å². The van der Waals surface area contributed by atoms with Gasteiger partial charge in [-0.25, -0.2) is 9.97 Å². The number of rotatable bonds is 4. The van der Waals surface area contributed by atoms with Crippen molar-refractivity contribution in [2.75, 3.05) is 25.0 Å². The van der Waals surface area contributed by atoms with Gasteiger partial charge in [-0.2, -0.15) is 0 Å². The minimum Gasteiger partial charge on any atom is -0.360 e. The molecule has 0 saturated heterocycles. The smallest absolute Gasteiger partial charge is 0.225 e.